The van der Waals surface area contributed by atoms with Crippen LogP contribution in [-0.2, 0) is 11.2 Å². The summed E-state index contributed by atoms with van der Waals surface area (Å²) >= 11 is 0. The van der Waals surface area contributed by atoms with Crippen molar-refractivity contribution in [2.24, 2.45) is 0 Å². The van der Waals surface area contributed by atoms with Gasteiger partial charge in [-0.25, -0.2) is 0 Å². The fraction of sp³-hybridized carbons (Fsp3) is 0.538. The van der Waals surface area contributed by atoms with Crippen molar-refractivity contribution in [1.82, 2.24) is 5.32 Å². The molecule has 0 bridgehead atoms. The third kappa shape index (κ3) is 4.96. The van der Waals surface area contributed by atoms with Crippen LogP contribution in [-0.4, -0.2) is 25.8 Å². The summed E-state index contributed by atoms with van der Waals surface area (Å²) < 4.78 is 5.46. The molecule has 1 aromatic rings. The maximum absolute atomic E-state index is 5.46. The van der Waals surface area contributed by atoms with Gasteiger partial charge in [-0.1, -0.05) is 37.3 Å². The smallest absolute Gasteiger partial charge is 0.0622 e. The fourth-order valence-electron chi connectivity index (χ4n) is 1.64. The van der Waals surface area contributed by atoms with Crippen LogP contribution in [0.5, 0.6) is 0 Å². The van der Waals surface area contributed by atoms with E-state index >= 15 is 0 Å². The first-order valence-electron chi connectivity index (χ1n) is 5.71. The number of hydrogen-bond donors (Lipinski definition) is 1. The molecule has 1 unspecified atom stereocenters. The number of benzene rings is 1. The van der Waals surface area contributed by atoms with Gasteiger partial charge in [0.1, 0.15) is 0 Å². The summed E-state index contributed by atoms with van der Waals surface area (Å²) in [7, 11) is 0. The Morgan fingerprint density at radius 1 is 1.20 bits per heavy atom. The normalized spacial score (nSPS) is 12.7. The molecule has 2 nitrogen and oxygen atoms in total. The summed E-state index contributed by atoms with van der Waals surface area (Å²) in [6, 6.07) is 11.0. The fourth-order valence-corrected chi connectivity index (χ4v) is 1.64. The van der Waals surface area contributed by atoms with E-state index in [-0.39, 0.29) is 0 Å². The van der Waals surface area contributed by atoms with Crippen LogP contribution in [0.3, 0.4) is 0 Å². The summed E-state index contributed by atoms with van der Waals surface area (Å²) in [5, 5.41) is 3.44. The van der Waals surface area contributed by atoms with Crippen LogP contribution in [0.1, 0.15) is 19.4 Å². The molecule has 0 aromatic heterocycles. The molecule has 0 aliphatic rings. The lowest BCUT2D eigenvalue weighted by Gasteiger charge is -2.17. The van der Waals surface area contributed by atoms with Crippen LogP contribution < -0.4 is 5.32 Å². The van der Waals surface area contributed by atoms with Crippen molar-refractivity contribution < 1.29 is 4.74 Å². The van der Waals surface area contributed by atoms with Gasteiger partial charge in [0.15, 0.2) is 0 Å². The Hall–Kier alpha value is -0.860. The second-order valence-electron chi connectivity index (χ2n) is 3.60. The van der Waals surface area contributed by atoms with E-state index in [9.17, 15) is 0 Å². The Morgan fingerprint density at radius 2 is 1.93 bits per heavy atom. The van der Waals surface area contributed by atoms with E-state index in [0.717, 1.165) is 26.2 Å². The predicted molar refractivity (Wildman–Crippen MR) is 64.1 cm³/mol. The second-order valence-corrected chi connectivity index (χ2v) is 3.60. The van der Waals surface area contributed by atoms with Gasteiger partial charge in [0.25, 0.3) is 0 Å². The first kappa shape index (κ1) is 12.2. The molecule has 0 saturated heterocycles. The summed E-state index contributed by atoms with van der Waals surface area (Å²) in [4.78, 5) is 0. The predicted octanol–water partition coefficient (Wildman–Crippen LogP) is 2.24. The Labute approximate surface area is 92.6 Å². The molecule has 84 valence electrons. The van der Waals surface area contributed by atoms with Gasteiger partial charge in [-0.2, -0.15) is 0 Å². The van der Waals surface area contributed by atoms with E-state index in [4.69, 9.17) is 4.74 Å². The zero-order valence-electron chi connectivity index (χ0n) is 9.70. The maximum Gasteiger partial charge on any atom is 0.0622 e. The lowest BCUT2D eigenvalue weighted by atomic mass is 10.1. The van der Waals surface area contributed by atoms with Gasteiger partial charge in [-0.3, -0.25) is 0 Å². The minimum atomic E-state index is 0.428. The van der Waals surface area contributed by atoms with Crippen LogP contribution in [0.15, 0.2) is 30.3 Å². The first-order valence-corrected chi connectivity index (χ1v) is 5.71. The average Bonchev–Trinajstić information content (AvgIpc) is 2.28. The number of hydrogen-bond acceptors (Lipinski definition) is 2. The highest BCUT2D eigenvalue weighted by atomic mass is 16.5. The number of nitrogens with one attached hydrogen (secondary N) is 1. The van der Waals surface area contributed by atoms with E-state index in [1.807, 2.05) is 13.0 Å². The van der Waals surface area contributed by atoms with Gasteiger partial charge in [0.2, 0.25) is 0 Å². The van der Waals surface area contributed by atoms with Crippen LogP contribution in [0.2, 0.25) is 0 Å². The molecule has 1 N–H and O–H groups in total. The molecular formula is C13H21NO. The van der Waals surface area contributed by atoms with Crippen LogP contribution in [0.4, 0.5) is 0 Å². The molecule has 2 heteroatoms. The highest BCUT2D eigenvalue weighted by Crippen LogP contribution is 2.03. The lowest BCUT2D eigenvalue weighted by molar-refractivity contribution is 0.123. The van der Waals surface area contributed by atoms with Gasteiger partial charge in [0.05, 0.1) is 6.61 Å². The molecule has 0 heterocycles. The van der Waals surface area contributed by atoms with Gasteiger partial charge in [-0.15, -0.1) is 0 Å². The first-order chi connectivity index (χ1) is 7.36. The Morgan fingerprint density at radius 3 is 2.53 bits per heavy atom. The van der Waals surface area contributed by atoms with Crippen molar-refractivity contribution in [1.29, 1.82) is 0 Å². The summed E-state index contributed by atoms with van der Waals surface area (Å²) in [6.07, 6.45) is 1.04. The molecular weight excluding hydrogens is 186 g/mol. The third-order valence-corrected chi connectivity index (χ3v) is 2.34. The minimum absolute atomic E-state index is 0.428. The molecule has 0 amide bonds. The van der Waals surface area contributed by atoms with E-state index in [0.29, 0.717) is 6.04 Å². The second kappa shape index (κ2) is 7.43. The average molecular weight is 207 g/mol. The Kier molecular flexibility index (Phi) is 6.05. The van der Waals surface area contributed by atoms with Crippen molar-refractivity contribution in [2.45, 2.75) is 26.3 Å². The molecule has 1 aromatic carbocycles. The number of ether oxygens (including phenoxy) is 1. The zero-order valence-corrected chi connectivity index (χ0v) is 9.70. The summed E-state index contributed by atoms with van der Waals surface area (Å²) in [5.41, 5.74) is 1.36. The third-order valence-electron chi connectivity index (χ3n) is 2.34. The molecule has 1 atom stereocenters. The molecule has 0 saturated carbocycles. The minimum Gasteiger partial charge on any atom is -0.380 e. The lowest BCUT2D eigenvalue weighted by Crippen LogP contribution is -2.35. The zero-order chi connectivity index (χ0) is 10.9. The van der Waals surface area contributed by atoms with Crippen molar-refractivity contribution in [3.63, 3.8) is 0 Å². The molecule has 0 fully saturated rings. The number of rotatable bonds is 7. The van der Waals surface area contributed by atoms with E-state index < -0.39 is 0 Å². The molecule has 0 aliphatic heterocycles. The largest absolute Gasteiger partial charge is 0.380 e. The van der Waals surface area contributed by atoms with E-state index in [1.165, 1.54) is 5.56 Å². The quantitative estimate of drug-likeness (QED) is 0.740. The SMILES string of the molecule is CCNC(COCC)Cc1ccccc1. The monoisotopic (exact) mass is 207 g/mol. The van der Waals surface area contributed by atoms with Gasteiger partial charge < -0.3 is 10.1 Å². The van der Waals surface area contributed by atoms with Crippen LogP contribution in [0, 0.1) is 0 Å². The Bertz CT molecular complexity index is 248. The molecule has 1 rings (SSSR count). The van der Waals surface area contributed by atoms with Gasteiger partial charge >= 0.3 is 0 Å². The van der Waals surface area contributed by atoms with Crippen molar-refractivity contribution in [3.05, 3.63) is 35.9 Å². The van der Waals surface area contributed by atoms with Crippen LogP contribution in [0.25, 0.3) is 0 Å². The van der Waals surface area contributed by atoms with Crippen molar-refractivity contribution >= 4 is 0 Å². The standard InChI is InChI=1S/C13H21NO/c1-3-14-13(11-15-4-2)10-12-8-6-5-7-9-12/h5-9,13-14H,3-4,10-11H2,1-2H3. The highest BCUT2D eigenvalue weighted by molar-refractivity contribution is 5.15. The summed E-state index contributed by atoms with van der Waals surface area (Å²) in [6.45, 7) is 6.73. The summed E-state index contributed by atoms with van der Waals surface area (Å²) in [5.74, 6) is 0. The van der Waals surface area contributed by atoms with Crippen molar-refractivity contribution in [2.75, 3.05) is 19.8 Å². The molecule has 0 radical (unpaired) electrons. The van der Waals surface area contributed by atoms with E-state index in [2.05, 4.69) is 36.5 Å². The maximum atomic E-state index is 5.46. The Balaban J connectivity index is 2.43. The van der Waals surface area contributed by atoms with Gasteiger partial charge in [-0.05, 0) is 25.5 Å². The van der Waals surface area contributed by atoms with Crippen LogP contribution >= 0.6 is 0 Å². The molecule has 0 spiro atoms. The van der Waals surface area contributed by atoms with E-state index in [1.54, 1.807) is 0 Å². The van der Waals surface area contributed by atoms with Crippen molar-refractivity contribution in [3.8, 4) is 0 Å². The topological polar surface area (TPSA) is 21.3 Å². The molecule has 15 heavy (non-hydrogen) atoms. The van der Waals surface area contributed by atoms with Gasteiger partial charge in [0, 0.05) is 12.6 Å². The highest BCUT2D eigenvalue weighted by Gasteiger charge is 2.07. The number of likely N-dealkylation sites (N-methyl/N-ethyl adjacent to an activating group) is 1. The molecule has 0 aliphatic carbocycles.